The van der Waals surface area contributed by atoms with E-state index in [1.54, 1.807) is 11.8 Å². The molecule has 1 aromatic rings. The molecule has 0 unspecified atom stereocenters. The SMILES string of the molecule is C[C@@H]1[C@@H](C)CCC[C@H]1NC(=O)COC(=O)CCSc1ccccc1. The first-order valence-electron chi connectivity index (χ1n) is 8.69. The summed E-state index contributed by atoms with van der Waals surface area (Å²) in [7, 11) is 0. The Hall–Kier alpha value is -1.49. The van der Waals surface area contributed by atoms with E-state index >= 15 is 0 Å². The van der Waals surface area contributed by atoms with Crippen LogP contribution in [0.15, 0.2) is 35.2 Å². The van der Waals surface area contributed by atoms with Crippen LogP contribution in [0.3, 0.4) is 0 Å². The van der Waals surface area contributed by atoms with Crippen molar-refractivity contribution in [2.45, 2.75) is 50.5 Å². The number of thioether (sulfide) groups is 1. The molecule has 5 heteroatoms. The maximum absolute atomic E-state index is 12.0. The molecule has 1 N–H and O–H groups in total. The lowest BCUT2D eigenvalue weighted by Gasteiger charge is -2.34. The van der Waals surface area contributed by atoms with Crippen molar-refractivity contribution in [2.75, 3.05) is 12.4 Å². The number of amides is 1. The van der Waals surface area contributed by atoms with Crippen molar-refractivity contribution in [3.63, 3.8) is 0 Å². The summed E-state index contributed by atoms with van der Waals surface area (Å²) in [5.74, 6) is 1.24. The zero-order chi connectivity index (χ0) is 17.4. The Morgan fingerprint density at radius 1 is 1.21 bits per heavy atom. The maximum Gasteiger partial charge on any atom is 0.307 e. The highest BCUT2D eigenvalue weighted by Gasteiger charge is 2.28. The second kappa shape index (κ2) is 9.72. The highest BCUT2D eigenvalue weighted by molar-refractivity contribution is 7.99. The predicted molar refractivity (Wildman–Crippen MR) is 96.9 cm³/mol. The first-order chi connectivity index (χ1) is 11.6. The number of nitrogens with one attached hydrogen (secondary N) is 1. The lowest BCUT2D eigenvalue weighted by molar-refractivity contribution is -0.148. The van der Waals surface area contributed by atoms with E-state index in [4.69, 9.17) is 4.74 Å². The topological polar surface area (TPSA) is 55.4 Å². The molecule has 0 bridgehead atoms. The van der Waals surface area contributed by atoms with Gasteiger partial charge in [-0.3, -0.25) is 9.59 Å². The minimum absolute atomic E-state index is 0.174. The van der Waals surface area contributed by atoms with Crippen LogP contribution in [0.4, 0.5) is 0 Å². The summed E-state index contributed by atoms with van der Waals surface area (Å²) in [5, 5.41) is 3.01. The standard InChI is InChI=1S/C19H27NO3S/c1-14-7-6-10-17(15(14)2)20-18(21)13-23-19(22)11-12-24-16-8-4-3-5-9-16/h3-5,8-9,14-15,17H,6-7,10-13H2,1-2H3,(H,20,21)/t14-,15+,17+/m0/s1. The Morgan fingerprint density at radius 3 is 2.71 bits per heavy atom. The minimum Gasteiger partial charge on any atom is -0.456 e. The molecule has 1 saturated carbocycles. The Balaban J connectivity index is 1.61. The number of hydrogen-bond donors (Lipinski definition) is 1. The smallest absolute Gasteiger partial charge is 0.307 e. The van der Waals surface area contributed by atoms with Crippen LogP contribution >= 0.6 is 11.8 Å². The number of carbonyl (C=O) groups excluding carboxylic acids is 2. The van der Waals surface area contributed by atoms with Crippen LogP contribution in [-0.2, 0) is 14.3 Å². The fraction of sp³-hybridized carbons (Fsp3) is 0.579. The van der Waals surface area contributed by atoms with Crippen LogP contribution in [0, 0.1) is 11.8 Å². The van der Waals surface area contributed by atoms with Crippen LogP contribution in [-0.4, -0.2) is 30.3 Å². The third-order valence-corrected chi connectivity index (χ3v) is 5.75. The molecule has 1 fully saturated rings. The van der Waals surface area contributed by atoms with Gasteiger partial charge in [0.15, 0.2) is 6.61 Å². The average Bonchev–Trinajstić information content (AvgIpc) is 2.58. The molecule has 24 heavy (non-hydrogen) atoms. The predicted octanol–water partition coefficient (Wildman–Crippen LogP) is 3.65. The van der Waals surface area contributed by atoms with Crippen molar-refractivity contribution in [1.29, 1.82) is 0 Å². The molecule has 0 heterocycles. The molecule has 2 rings (SSSR count). The first kappa shape index (κ1) is 18.8. The summed E-state index contributed by atoms with van der Waals surface area (Å²) in [6.45, 7) is 4.24. The molecule has 1 aliphatic carbocycles. The van der Waals surface area contributed by atoms with Gasteiger partial charge in [0.2, 0.25) is 0 Å². The molecule has 0 aromatic heterocycles. The molecular formula is C19H27NO3S. The van der Waals surface area contributed by atoms with Gasteiger partial charge in [-0.1, -0.05) is 44.9 Å². The molecule has 0 saturated heterocycles. The highest BCUT2D eigenvalue weighted by Crippen LogP contribution is 2.29. The van der Waals surface area contributed by atoms with E-state index in [0.717, 1.165) is 17.7 Å². The van der Waals surface area contributed by atoms with Crippen molar-refractivity contribution in [1.82, 2.24) is 5.32 Å². The number of esters is 1. The quantitative estimate of drug-likeness (QED) is 0.603. The van der Waals surface area contributed by atoms with E-state index in [0.29, 0.717) is 24.0 Å². The zero-order valence-electron chi connectivity index (χ0n) is 14.5. The zero-order valence-corrected chi connectivity index (χ0v) is 15.3. The van der Waals surface area contributed by atoms with Gasteiger partial charge in [-0.25, -0.2) is 0 Å². The van der Waals surface area contributed by atoms with E-state index in [-0.39, 0.29) is 24.5 Å². The molecular weight excluding hydrogens is 322 g/mol. The first-order valence-corrected chi connectivity index (χ1v) is 9.67. The second-order valence-electron chi connectivity index (χ2n) is 6.51. The van der Waals surface area contributed by atoms with Gasteiger partial charge in [-0.2, -0.15) is 0 Å². The summed E-state index contributed by atoms with van der Waals surface area (Å²) in [4.78, 5) is 24.8. The Labute approximate surface area is 148 Å². The van der Waals surface area contributed by atoms with Gasteiger partial charge in [0.05, 0.1) is 6.42 Å². The van der Waals surface area contributed by atoms with Crippen LogP contribution in [0.5, 0.6) is 0 Å². The highest BCUT2D eigenvalue weighted by atomic mass is 32.2. The van der Waals surface area contributed by atoms with Crippen molar-refractivity contribution >= 4 is 23.6 Å². The van der Waals surface area contributed by atoms with Crippen molar-refractivity contribution < 1.29 is 14.3 Å². The summed E-state index contributed by atoms with van der Waals surface area (Å²) < 4.78 is 5.08. The van der Waals surface area contributed by atoms with E-state index in [9.17, 15) is 9.59 Å². The summed E-state index contributed by atoms with van der Waals surface area (Å²) in [6.07, 6.45) is 3.69. The van der Waals surface area contributed by atoms with Gasteiger partial charge in [-0.05, 0) is 30.4 Å². The van der Waals surface area contributed by atoms with Crippen LogP contribution < -0.4 is 5.32 Å². The third kappa shape index (κ3) is 6.19. The van der Waals surface area contributed by atoms with Gasteiger partial charge in [0.25, 0.3) is 5.91 Å². The fourth-order valence-corrected chi connectivity index (χ4v) is 3.88. The number of hydrogen-bond acceptors (Lipinski definition) is 4. The van der Waals surface area contributed by atoms with Gasteiger partial charge in [-0.15, -0.1) is 11.8 Å². The van der Waals surface area contributed by atoms with Crippen LogP contribution in [0.1, 0.15) is 39.5 Å². The van der Waals surface area contributed by atoms with Crippen LogP contribution in [0.2, 0.25) is 0 Å². The normalized spacial score (nSPS) is 23.5. The fourth-order valence-electron chi connectivity index (χ4n) is 3.02. The molecule has 0 radical (unpaired) electrons. The Kier molecular flexibility index (Phi) is 7.63. The van der Waals surface area contributed by atoms with Gasteiger partial charge < -0.3 is 10.1 Å². The molecule has 1 aliphatic rings. The minimum atomic E-state index is -0.321. The average molecular weight is 349 g/mol. The van der Waals surface area contributed by atoms with Crippen LogP contribution in [0.25, 0.3) is 0 Å². The van der Waals surface area contributed by atoms with Crippen molar-refractivity contribution in [3.8, 4) is 0 Å². The molecule has 4 nitrogen and oxygen atoms in total. The summed E-state index contributed by atoms with van der Waals surface area (Å²) in [5.41, 5.74) is 0. The van der Waals surface area contributed by atoms with E-state index in [1.807, 2.05) is 30.3 Å². The largest absolute Gasteiger partial charge is 0.456 e. The molecule has 0 spiro atoms. The molecule has 3 atom stereocenters. The van der Waals surface area contributed by atoms with Gasteiger partial charge >= 0.3 is 5.97 Å². The lowest BCUT2D eigenvalue weighted by Crippen LogP contribution is -2.45. The third-order valence-electron chi connectivity index (χ3n) is 4.74. The van der Waals surface area contributed by atoms with E-state index in [2.05, 4.69) is 19.2 Å². The van der Waals surface area contributed by atoms with Gasteiger partial charge in [0.1, 0.15) is 0 Å². The summed E-state index contributed by atoms with van der Waals surface area (Å²) in [6, 6.07) is 10.1. The molecule has 0 aliphatic heterocycles. The van der Waals surface area contributed by atoms with Crippen molar-refractivity contribution in [2.24, 2.45) is 11.8 Å². The lowest BCUT2D eigenvalue weighted by atomic mass is 9.78. The maximum atomic E-state index is 12.0. The number of rotatable bonds is 7. The second-order valence-corrected chi connectivity index (χ2v) is 7.68. The number of benzene rings is 1. The Bertz CT molecular complexity index is 535. The molecule has 1 amide bonds. The summed E-state index contributed by atoms with van der Waals surface area (Å²) >= 11 is 1.61. The van der Waals surface area contributed by atoms with Gasteiger partial charge in [0, 0.05) is 16.7 Å². The molecule has 132 valence electrons. The number of carbonyl (C=O) groups is 2. The van der Waals surface area contributed by atoms with Crippen molar-refractivity contribution in [3.05, 3.63) is 30.3 Å². The van der Waals surface area contributed by atoms with E-state index < -0.39 is 0 Å². The Morgan fingerprint density at radius 2 is 1.96 bits per heavy atom. The van der Waals surface area contributed by atoms with E-state index in [1.165, 1.54) is 6.42 Å². The molecule has 1 aromatic carbocycles. The number of ether oxygens (including phenoxy) is 1. The monoisotopic (exact) mass is 349 g/mol.